The second-order valence-corrected chi connectivity index (χ2v) is 10.5. The molecule has 2 unspecified atom stereocenters. The largest absolute Gasteiger partial charge is 0.495 e. The number of methoxy groups -OCH3 is 1. The van der Waals surface area contributed by atoms with E-state index in [9.17, 15) is 24.3 Å². The summed E-state index contributed by atoms with van der Waals surface area (Å²) in [5.41, 5.74) is 3.34. The van der Waals surface area contributed by atoms with E-state index in [4.69, 9.17) is 9.15 Å². The molecule has 11 nitrogen and oxygen atoms in total. The van der Waals surface area contributed by atoms with Crippen LogP contribution in [0.2, 0.25) is 0 Å². The standard InChI is InChI=1S/C31H38N4O7/c1-18(2)12-25(28-15-22(17-42-28)13-26(30(38)39)32-20(4)36)33-29(37)16-21-10-11-24(27(14-21)41-5)35-31(40)34-23-9-7-6-8-19(23)3/h6-11,14-15,17-18,25-26H,12-13,16H2,1-5H3,(H,32,36)(H,33,37)(H,38,39)(H2,34,35,40). The van der Waals surface area contributed by atoms with Gasteiger partial charge < -0.3 is 35.5 Å². The molecular weight excluding hydrogens is 540 g/mol. The van der Waals surface area contributed by atoms with Crippen molar-refractivity contribution in [3.05, 3.63) is 77.2 Å². The second kappa shape index (κ2) is 14.7. The van der Waals surface area contributed by atoms with E-state index in [-0.39, 0.29) is 24.7 Å². The van der Waals surface area contributed by atoms with Crippen molar-refractivity contribution >= 4 is 35.2 Å². The Morgan fingerprint density at radius 1 is 0.952 bits per heavy atom. The van der Waals surface area contributed by atoms with Gasteiger partial charge in [0.2, 0.25) is 11.8 Å². The summed E-state index contributed by atoms with van der Waals surface area (Å²) in [4.78, 5) is 48.5. The summed E-state index contributed by atoms with van der Waals surface area (Å²) in [5.74, 6) is -0.713. The normalized spacial score (nSPS) is 12.2. The van der Waals surface area contributed by atoms with Crippen LogP contribution in [0.5, 0.6) is 5.75 Å². The molecule has 0 radical (unpaired) electrons. The van der Waals surface area contributed by atoms with Crippen molar-refractivity contribution in [1.29, 1.82) is 0 Å². The lowest BCUT2D eigenvalue weighted by molar-refractivity contribution is -0.141. The van der Waals surface area contributed by atoms with Gasteiger partial charge in [-0.1, -0.05) is 38.1 Å². The fourth-order valence-electron chi connectivity index (χ4n) is 4.45. The number of ether oxygens (including phenoxy) is 1. The lowest BCUT2D eigenvalue weighted by Gasteiger charge is -2.19. The molecule has 0 bridgehead atoms. The molecule has 0 saturated heterocycles. The summed E-state index contributed by atoms with van der Waals surface area (Å²) in [5, 5.41) is 20.4. The number of carboxylic acid groups (broad SMARTS) is 1. The third kappa shape index (κ3) is 9.39. The number of nitrogens with one attached hydrogen (secondary N) is 4. The Kier molecular flexibility index (Phi) is 11.1. The van der Waals surface area contributed by atoms with Crippen molar-refractivity contribution in [1.82, 2.24) is 10.6 Å². The fourth-order valence-corrected chi connectivity index (χ4v) is 4.45. The lowest BCUT2D eigenvalue weighted by Crippen LogP contribution is -2.41. The Balaban J connectivity index is 1.67. The molecule has 0 fully saturated rings. The average Bonchev–Trinajstić information content (AvgIpc) is 3.38. The monoisotopic (exact) mass is 578 g/mol. The van der Waals surface area contributed by atoms with Crippen LogP contribution in [0, 0.1) is 12.8 Å². The minimum absolute atomic E-state index is 0.0456. The van der Waals surface area contributed by atoms with Gasteiger partial charge in [0.1, 0.15) is 17.6 Å². The van der Waals surface area contributed by atoms with Crippen molar-refractivity contribution in [2.45, 2.75) is 59.0 Å². The second-order valence-electron chi connectivity index (χ2n) is 10.5. The maximum absolute atomic E-state index is 13.1. The summed E-state index contributed by atoms with van der Waals surface area (Å²) < 4.78 is 11.2. The van der Waals surface area contributed by atoms with Crippen LogP contribution >= 0.6 is 0 Å². The van der Waals surface area contributed by atoms with Gasteiger partial charge in [0.25, 0.3) is 0 Å². The van der Waals surface area contributed by atoms with E-state index in [1.807, 2.05) is 45.0 Å². The SMILES string of the molecule is COc1cc(CC(=O)NC(CC(C)C)c2cc(CC(NC(C)=O)C(=O)O)co2)ccc1NC(=O)Nc1ccccc1C. The number of furan rings is 1. The maximum atomic E-state index is 13.1. The molecule has 0 aliphatic carbocycles. The van der Waals surface area contributed by atoms with Crippen molar-refractivity contribution in [2.75, 3.05) is 17.7 Å². The molecule has 1 aromatic heterocycles. The zero-order valence-corrected chi connectivity index (χ0v) is 24.4. The van der Waals surface area contributed by atoms with E-state index in [2.05, 4.69) is 21.3 Å². The number of hydrogen-bond acceptors (Lipinski definition) is 6. The molecule has 3 aromatic rings. The molecular formula is C31H38N4O7. The molecule has 2 aromatic carbocycles. The third-order valence-electron chi connectivity index (χ3n) is 6.45. The molecule has 0 aliphatic rings. The van der Waals surface area contributed by atoms with E-state index < -0.39 is 30.0 Å². The third-order valence-corrected chi connectivity index (χ3v) is 6.45. The quantitative estimate of drug-likeness (QED) is 0.194. The van der Waals surface area contributed by atoms with E-state index in [1.165, 1.54) is 20.3 Å². The highest BCUT2D eigenvalue weighted by molar-refractivity contribution is 6.01. The Morgan fingerprint density at radius 2 is 1.67 bits per heavy atom. The number of benzene rings is 2. The van der Waals surface area contributed by atoms with Gasteiger partial charge in [-0.05, 0) is 60.2 Å². The number of hydrogen-bond donors (Lipinski definition) is 5. The minimum Gasteiger partial charge on any atom is -0.495 e. The van der Waals surface area contributed by atoms with Crippen LogP contribution in [-0.4, -0.2) is 42.1 Å². The van der Waals surface area contributed by atoms with Crippen molar-refractivity contribution in [3.63, 3.8) is 0 Å². The van der Waals surface area contributed by atoms with Crippen molar-refractivity contribution < 1.29 is 33.4 Å². The highest BCUT2D eigenvalue weighted by Crippen LogP contribution is 2.28. The van der Waals surface area contributed by atoms with Crippen LogP contribution in [0.4, 0.5) is 16.2 Å². The zero-order chi connectivity index (χ0) is 30.8. The Hall–Kier alpha value is -4.80. The van der Waals surface area contributed by atoms with Gasteiger partial charge >= 0.3 is 12.0 Å². The first-order valence-corrected chi connectivity index (χ1v) is 13.6. The number of amides is 4. The minimum atomic E-state index is -1.15. The highest BCUT2D eigenvalue weighted by Gasteiger charge is 2.24. The van der Waals surface area contributed by atoms with Crippen LogP contribution in [0.15, 0.2) is 59.2 Å². The van der Waals surface area contributed by atoms with Gasteiger partial charge in [-0.15, -0.1) is 0 Å². The van der Waals surface area contributed by atoms with Crippen LogP contribution in [-0.2, 0) is 27.2 Å². The van der Waals surface area contributed by atoms with Gasteiger partial charge in [-0.25, -0.2) is 9.59 Å². The first kappa shape index (κ1) is 31.7. The molecule has 1 heterocycles. The predicted molar refractivity (Wildman–Crippen MR) is 159 cm³/mol. The molecule has 4 amide bonds. The molecule has 3 rings (SSSR count). The number of aliphatic carboxylic acids is 1. The molecule has 0 spiro atoms. The van der Waals surface area contributed by atoms with Crippen LogP contribution in [0.3, 0.4) is 0 Å². The summed E-state index contributed by atoms with van der Waals surface area (Å²) in [6.07, 6.45) is 2.13. The predicted octanol–water partition coefficient (Wildman–Crippen LogP) is 4.82. The lowest BCUT2D eigenvalue weighted by atomic mass is 10.00. The van der Waals surface area contributed by atoms with Crippen molar-refractivity contribution in [3.8, 4) is 5.75 Å². The number of carboxylic acids is 1. The van der Waals surface area contributed by atoms with E-state index >= 15 is 0 Å². The average molecular weight is 579 g/mol. The Bertz CT molecular complexity index is 1420. The number of urea groups is 1. The number of carbonyl (C=O) groups excluding carboxylic acids is 3. The number of rotatable bonds is 13. The Labute approximate surface area is 245 Å². The molecule has 0 aliphatic heterocycles. The molecule has 42 heavy (non-hydrogen) atoms. The van der Waals surface area contributed by atoms with E-state index in [1.54, 1.807) is 24.3 Å². The summed E-state index contributed by atoms with van der Waals surface area (Å²) in [6, 6.07) is 12.3. The number of aryl methyl sites for hydroxylation is 1. The zero-order valence-electron chi connectivity index (χ0n) is 24.4. The summed E-state index contributed by atoms with van der Waals surface area (Å²) in [7, 11) is 1.48. The van der Waals surface area contributed by atoms with Gasteiger partial charge in [0, 0.05) is 19.0 Å². The smallest absolute Gasteiger partial charge is 0.326 e. The van der Waals surface area contributed by atoms with Gasteiger partial charge in [-0.2, -0.15) is 0 Å². The van der Waals surface area contributed by atoms with E-state index in [0.717, 1.165) is 5.56 Å². The molecule has 0 saturated carbocycles. The number of para-hydroxylation sites is 1. The Morgan fingerprint density at radius 3 is 2.31 bits per heavy atom. The van der Waals surface area contributed by atoms with Crippen LogP contribution in [0.1, 0.15) is 55.7 Å². The molecule has 224 valence electrons. The van der Waals surface area contributed by atoms with Gasteiger partial charge in [-0.3, -0.25) is 9.59 Å². The molecule has 2 atom stereocenters. The molecule has 11 heteroatoms. The van der Waals surface area contributed by atoms with Crippen molar-refractivity contribution in [2.24, 2.45) is 5.92 Å². The summed E-state index contributed by atoms with van der Waals surface area (Å²) >= 11 is 0. The maximum Gasteiger partial charge on any atom is 0.326 e. The fraction of sp³-hybridized carbons (Fsp3) is 0.355. The highest BCUT2D eigenvalue weighted by atomic mass is 16.5. The van der Waals surface area contributed by atoms with Gasteiger partial charge in [0.05, 0.1) is 31.5 Å². The number of carbonyl (C=O) groups is 4. The first-order valence-electron chi connectivity index (χ1n) is 13.6. The first-order chi connectivity index (χ1) is 19.9. The van der Waals surface area contributed by atoms with Crippen LogP contribution < -0.4 is 26.0 Å². The number of anilines is 2. The topological polar surface area (TPSA) is 159 Å². The summed E-state index contributed by atoms with van der Waals surface area (Å²) in [6.45, 7) is 7.20. The van der Waals surface area contributed by atoms with Gasteiger partial charge in [0.15, 0.2) is 0 Å². The molecule has 5 N–H and O–H groups in total. The van der Waals surface area contributed by atoms with E-state index in [0.29, 0.717) is 40.4 Å². The van der Waals surface area contributed by atoms with Crippen LogP contribution in [0.25, 0.3) is 0 Å².